The van der Waals surface area contributed by atoms with E-state index in [4.69, 9.17) is 10.1 Å². The van der Waals surface area contributed by atoms with Crippen LogP contribution in [-0.4, -0.2) is 24.6 Å². The number of rotatable bonds is 10. The molecule has 1 aliphatic rings. The number of benzene rings is 1. The van der Waals surface area contributed by atoms with Crippen LogP contribution >= 0.6 is 0 Å². The first kappa shape index (κ1) is 24.3. The molecule has 5 rings (SSSR count). The molecule has 3 aromatic heterocycles. The van der Waals surface area contributed by atoms with Crippen molar-refractivity contribution in [3.8, 4) is 0 Å². The first-order chi connectivity index (χ1) is 17.7. The van der Waals surface area contributed by atoms with Crippen molar-refractivity contribution in [1.82, 2.24) is 30.0 Å². The topological polar surface area (TPSA) is 58.9 Å². The lowest BCUT2D eigenvalue weighted by Gasteiger charge is -2.39. The summed E-state index contributed by atoms with van der Waals surface area (Å²) in [7, 11) is 2.00. The number of fused-ring (bicyclic) bond motifs is 1. The Hall–Kier alpha value is -3.35. The summed E-state index contributed by atoms with van der Waals surface area (Å²) in [5.41, 5.74) is 7.44. The maximum Gasteiger partial charge on any atom is 0.0796 e. The van der Waals surface area contributed by atoms with E-state index in [1.54, 1.807) is 0 Å². The summed E-state index contributed by atoms with van der Waals surface area (Å²) < 4.78 is 1.91. The summed E-state index contributed by atoms with van der Waals surface area (Å²) in [4.78, 5) is 11.9. The van der Waals surface area contributed by atoms with Crippen LogP contribution in [0.15, 0.2) is 79.3 Å². The van der Waals surface area contributed by atoms with Crippen molar-refractivity contribution in [2.24, 2.45) is 7.05 Å². The van der Waals surface area contributed by atoms with E-state index in [-0.39, 0.29) is 6.04 Å². The first-order valence-electron chi connectivity index (χ1n) is 13.1. The standard InChI is InChI=1S/C30H36N6/c1-3-28(27-16-19-35(2)34-27)36(29-11-6-8-25-9-7-18-33-30(25)29)22-24-14-12-23(13-15-24)20-31-21-26-10-4-5-17-32-26/h4-5,7,9-10,12-19,28-29,31H,3,6,8,11,20-22H2,1-2H3. The second-order valence-electron chi connectivity index (χ2n) is 9.71. The minimum absolute atomic E-state index is 0.240. The summed E-state index contributed by atoms with van der Waals surface area (Å²) in [6.45, 7) is 4.74. The van der Waals surface area contributed by atoms with Crippen LogP contribution in [-0.2, 0) is 33.1 Å². The highest BCUT2D eigenvalue weighted by Crippen LogP contribution is 2.39. The highest BCUT2D eigenvalue weighted by molar-refractivity contribution is 5.28. The van der Waals surface area contributed by atoms with Crippen molar-refractivity contribution < 1.29 is 0 Å². The summed E-state index contributed by atoms with van der Waals surface area (Å²) in [5, 5.41) is 8.31. The zero-order valence-corrected chi connectivity index (χ0v) is 21.3. The molecule has 0 fully saturated rings. The Kier molecular flexibility index (Phi) is 7.84. The molecule has 0 spiro atoms. The summed E-state index contributed by atoms with van der Waals surface area (Å²) in [6, 6.07) is 22.1. The van der Waals surface area contributed by atoms with Gasteiger partial charge in [0.15, 0.2) is 0 Å². The Morgan fingerprint density at radius 2 is 1.81 bits per heavy atom. The van der Waals surface area contributed by atoms with Crippen LogP contribution in [0.3, 0.4) is 0 Å². The van der Waals surface area contributed by atoms with Crippen molar-refractivity contribution in [2.75, 3.05) is 0 Å². The van der Waals surface area contributed by atoms with Gasteiger partial charge in [-0.1, -0.05) is 43.3 Å². The van der Waals surface area contributed by atoms with Gasteiger partial charge in [0.1, 0.15) is 0 Å². The Morgan fingerprint density at radius 1 is 0.972 bits per heavy atom. The number of aryl methyl sites for hydroxylation is 2. The molecule has 0 radical (unpaired) electrons. The molecule has 186 valence electrons. The van der Waals surface area contributed by atoms with Gasteiger partial charge in [-0.15, -0.1) is 0 Å². The Labute approximate surface area is 214 Å². The van der Waals surface area contributed by atoms with Crippen LogP contribution in [0.2, 0.25) is 0 Å². The van der Waals surface area contributed by atoms with E-state index in [1.807, 2.05) is 36.3 Å². The molecule has 6 heteroatoms. The lowest BCUT2D eigenvalue weighted by molar-refractivity contribution is 0.100. The van der Waals surface area contributed by atoms with Gasteiger partial charge in [-0.2, -0.15) is 5.10 Å². The fraction of sp³-hybridized carbons (Fsp3) is 0.367. The SMILES string of the molecule is CCC(c1ccn(C)n1)N(Cc1ccc(CNCc2ccccn2)cc1)C1CCCc2cccnc21. The number of pyridine rings is 2. The van der Waals surface area contributed by atoms with E-state index in [0.717, 1.165) is 50.3 Å². The maximum atomic E-state index is 4.87. The van der Waals surface area contributed by atoms with Crippen LogP contribution in [0.5, 0.6) is 0 Å². The molecule has 1 N–H and O–H groups in total. The summed E-state index contributed by atoms with van der Waals surface area (Å²) in [6.07, 6.45) is 10.3. The number of nitrogens with one attached hydrogen (secondary N) is 1. The van der Waals surface area contributed by atoms with Crippen molar-refractivity contribution in [2.45, 2.75) is 64.3 Å². The van der Waals surface area contributed by atoms with Crippen LogP contribution in [0.1, 0.15) is 72.0 Å². The predicted molar refractivity (Wildman–Crippen MR) is 143 cm³/mol. The van der Waals surface area contributed by atoms with Gasteiger partial charge < -0.3 is 5.32 Å². The minimum atomic E-state index is 0.240. The maximum absolute atomic E-state index is 4.87. The third kappa shape index (κ3) is 5.72. The van der Waals surface area contributed by atoms with Gasteiger partial charge in [-0.05, 0) is 66.6 Å². The zero-order chi connectivity index (χ0) is 24.7. The van der Waals surface area contributed by atoms with Gasteiger partial charge in [0.2, 0.25) is 0 Å². The zero-order valence-electron chi connectivity index (χ0n) is 21.3. The summed E-state index contributed by atoms with van der Waals surface area (Å²) >= 11 is 0. The van der Waals surface area contributed by atoms with Crippen LogP contribution in [0.4, 0.5) is 0 Å². The third-order valence-electron chi connectivity index (χ3n) is 7.18. The molecule has 2 atom stereocenters. The molecule has 36 heavy (non-hydrogen) atoms. The van der Waals surface area contributed by atoms with Crippen molar-refractivity contribution in [1.29, 1.82) is 0 Å². The lowest BCUT2D eigenvalue weighted by atomic mass is 9.89. The van der Waals surface area contributed by atoms with Gasteiger partial charge in [0, 0.05) is 45.3 Å². The molecule has 0 saturated heterocycles. The molecule has 1 aliphatic carbocycles. The Balaban J connectivity index is 1.35. The molecule has 0 amide bonds. The van der Waals surface area contributed by atoms with E-state index in [2.05, 4.69) is 76.9 Å². The molecule has 4 aromatic rings. The Morgan fingerprint density at radius 3 is 2.56 bits per heavy atom. The van der Waals surface area contributed by atoms with Crippen LogP contribution in [0.25, 0.3) is 0 Å². The van der Waals surface area contributed by atoms with Crippen LogP contribution < -0.4 is 5.32 Å². The Bertz CT molecular complexity index is 1230. The number of aromatic nitrogens is 4. The molecule has 0 bridgehead atoms. The van der Waals surface area contributed by atoms with E-state index in [9.17, 15) is 0 Å². The number of nitrogens with zero attached hydrogens (tertiary/aromatic N) is 5. The van der Waals surface area contributed by atoms with Gasteiger partial charge in [-0.25, -0.2) is 0 Å². The molecular weight excluding hydrogens is 444 g/mol. The van der Waals surface area contributed by atoms with E-state index in [0.29, 0.717) is 6.04 Å². The lowest BCUT2D eigenvalue weighted by Crippen LogP contribution is -2.35. The smallest absolute Gasteiger partial charge is 0.0796 e. The number of hydrogen-bond donors (Lipinski definition) is 1. The average Bonchev–Trinajstić information content (AvgIpc) is 3.35. The van der Waals surface area contributed by atoms with Gasteiger partial charge in [0.25, 0.3) is 0 Å². The van der Waals surface area contributed by atoms with E-state index in [1.165, 1.54) is 28.8 Å². The fourth-order valence-electron chi connectivity index (χ4n) is 5.38. The minimum Gasteiger partial charge on any atom is -0.307 e. The van der Waals surface area contributed by atoms with Crippen molar-refractivity contribution >= 4 is 0 Å². The van der Waals surface area contributed by atoms with Crippen molar-refractivity contribution in [3.05, 3.63) is 113 Å². The molecular formula is C30H36N6. The number of hydrogen-bond acceptors (Lipinski definition) is 5. The van der Waals surface area contributed by atoms with Gasteiger partial charge in [0.05, 0.1) is 29.2 Å². The van der Waals surface area contributed by atoms with E-state index >= 15 is 0 Å². The van der Waals surface area contributed by atoms with Gasteiger partial charge >= 0.3 is 0 Å². The third-order valence-corrected chi connectivity index (χ3v) is 7.18. The second kappa shape index (κ2) is 11.6. The predicted octanol–water partition coefficient (Wildman–Crippen LogP) is 5.53. The highest BCUT2D eigenvalue weighted by Gasteiger charge is 2.33. The molecule has 0 saturated carbocycles. The fourth-order valence-corrected chi connectivity index (χ4v) is 5.38. The highest BCUT2D eigenvalue weighted by atomic mass is 15.3. The van der Waals surface area contributed by atoms with Crippen molar-refractivity contribution in [3.63, 3.8) is 0 Å². The van der Waals surface area contributed by atoms with E-state index < -0.39 is 0 Å². The molecule has 1 aromatic carbocycles. The molecule has 3 heterocycles. The largest absolute Gasteiger partial charge is 0.307 e. The molecule has 6 nitrogen and oxygen atoms in total. The summed E-state index contributed by atoms with van der Waals surface area (Å²) in [5.74, 6) is 0. The second-order valence-corrected chi connectivity index (χ2v) is 9.71. The molecule has 2 unspecified atom stereocenters. The monoisotopic (exact) mass is 480 g/mol. The normalized spacial score (nSPS) is 16.1. The van der Waals surface area contributed by atoms with Gasteiger partial charge in [-0.3, -0.25) is 19.5 Å². The first-order valence-corrected chi connectivity index (χ1v) is 13.1. The molecule has 0 aliphatic heterocycles. The van der Waals surface area contributed by atoms with Crippen LogP contribution in [0, 0.1) is 0 Å². The average molecular weight is 481 g/mol. The quantitative estimate of drug-likeness (QED) is 0.323.